The van der Waals surface area contributed by atoms with Crippen LogP contribution in [0.15, 0.2) is 5.51 Å². The minimum atomic E-state index is -0.362. The summed E-state index contributed by atoms with van der Waals surface area (Å²) in [5.41, 5.74) is 2.73. The average molecular weight is 253 g/mol. The minimum absolute atomic E-state index is 0.00594. The number of nitrogens with zero attached hydrogens (tertiary/aromatic N) is 2. The van der Waals surface area contributed by atoms with Gasteiger partial charge in [0.25, 0.3) is 0 Å². The maximum atomic E-state index is 12.3. The fraction of sp³-hybridized carbons (Fsp3) is 0.545. The van der Waals surface area contributed by atoms with Gasteiger partial charge in [-0.3, -0.25) is 9.59 Å². The molecule has 5 nitrogen and oxygen atoms in total. The van der Waals surface area contributed by atoms with Gasteiger partial charge in [0.15, 0.2) is 0 Å². The molecule has 0 spiro atoms. The minimum Gasteiger partial charge on any atom is -0.333 e. The van der Waals surface area contributed by atoms with Crippen LogP contribution in [0.3, 0.4) is 0 Å². The largest absolute Gasteiger partial charge is 0.333 e. The summed E-state index contributed by atoms with van der Waals surface area (Å²) in [6, 6.07) is -0.362. The lowest BCUT2D eigenvalue weighted by molar-refractivity contribution is -0.136. The lowest BCUT2D eigenvalue weighted by atomic mass is 10.2. The van der Waals surface area contributed by atoms with Crippen LogP contribution in [0, 0.1) is 0 Å². The van der Waals surface area contributed by atoms with Gasteiger partial charge in [0.2, 0.25) is 5.91 Å². The number of carbonyl (C=O) groups excluding carboxylic acids is 2. The van der Waals surface area contributed by atoms with Crippen molar-refractivity contribution in [2.24, 2.45) is 0 Å². The molecule has 1 atom stereocenters. The second-order valence-corrected chi connectivity index (χ2v) is 4.98. The molecule has 0 aliphatic carbocycles. The molecule has 6 heteroatoms. The maximum Gasteiger partial charge on any atom is 0.245 e. The zero-order valence-corrected chi connectivity index (χ0v) is 10.7. The van der Waals surface area contributed by atoms with Crippen LogP contribution in [-0.2, 0) is 16.0 Å². The van der Waals surface area contributed by atoms with Crippen molar-refractivity contribution < 1.29 is 9.59 Å². The molecule has 92 valence electrons. The van der Waals surface area contributed by atoms with Gasteiger partial charge < -0.3 is 10.2 Å². The van der Waals surface area contributed by atoms with Crippen LogP contribution in [0.1, 0.15) is 23.5 Å². The first kappa shape index (κ1) is 12.2. The summed E-state index contributed by atoms with van der Waals surface area (Å²) in [5.74, 6) is -0.0304. The monoisotopic (exact) mass is 253 g/mol. The van der Waals surface area contributed by atoms with Crippen molar-refractivity contribution in [3.8, 4) is 0 Å². The number of amides is 1. The molecular formula is C11H15N3O2S. The highest BCUT2D eigenvalue weighted by atomic mass is 32.1. The molecule has 1 N–H and O–H groups in total. The summed E-state index contributed by atoms with van der Waals surface area (Å²) in [6.07, 6.45) is 0.718. The summed E-state index contributed by atoms with van der Waals surface area (Å²) in [7, 11) is 1.75. The molecule has 1 aromatic heterocycles. The van der Waals surface area contributed by atoms with Gasteiger partial charge in [0.1, 0.15) is 11.8 Å². The number of aromatic nitrogens is 1. The van der Waals surface area contributed by atoms with E-state index >= 15 is 0 Å². The van der Waals surface area contributed by atoms with Gasteiger partial charge in [0, 0.05) is 13.0 Å². The van der Waals surface area contributed by atoms with Crippen molar-refractivity contribution in [3.63, 3.8) is 0 Å². The Morgan fingerprint density at radius 3 is 3.12 bits per heavy atom. The standard InChI is InChI=1S/C11H15N3O2S/c1-7(15)5-14-4-3-8-10(17-6-13-8)9(12-2)11(14)16/h6,9,12H,3-5H2,1-2H3. The molecule has 1 aliphatic rings. The van der Waals surface area contributed by atoms with E-state index in [2.05, 4.69) is 10.3 Å². The van der Waals surface area contributed by atoms with Crippen LogP contribution in [0.25, 0.3) is 0 Å². The van der Waals surface area contributed by atoms with E-state index in [4.69, 9.17) is 0 Å². The van der Waals surface area contributed by atoms with Gasteiger partial charge in [-0.1, -0.05) is 0 Å². The van der Waals surface area contributed by atoms with Crippen molar-refractivity contribution in [1.82, 2.24) is 15.2 Å². The second-order valence-electron chi connectivity index (χ2n) is 4.10. The van der Waals surface area contributed by atoms with E-state index < -0.39 is 0 Å². The van der Waals surface area contributed by atoms with Crippen molar-refractivity contribution in [2.45, 2.75) is 19.4 Å². The quantitative estimate of drug-likeness (QED) is 0.846. The number of hydrogen-bond acceptors (Lipinski definition) is 5. The number of hydrogen-bond donors (Lipinski definition) is 1. The van der Waals surface area contributed by atoms with Gasteiger partial charge in [0.05, 0.1) is 22.6 Å². The third-order valence-corrected chi connectivity index (χ3v) is 3.75. The summed E-state index contributed by atoms with van der Waals surface area (Å²) in [5, 5.41) is 3.01. The van der Waals surface area contributed by atoms with E-state index in [-0.39, 0.29) is 24.3 Å². The molecule has 17 heavy (non-hydrogen) atoms. The van der Waals surface area contributed by atoms with Crippen LogP contribution < -0.4 is 5.32 Å². The number of nitrogens with one attached hydrogen (secondary N) is 1. The van der Waals surface area contributed by atoms with E-state index in [1.54, 1.807) is 17.5 Å². The summed E-state index contributed by atoms with van der Waals surface area (Å²) >= 11 is 1.49. The molecule has 0 bridgehead atoms. The fourth-order valence-electron chi connectivity index (χ4n) is 2.03. The molecule has 0 aromatic carbocycles. The van der Waals surface area contributed by atoms with Crippen LogP contribution in [0.5, 0.6) is 0 Å². The molecule has 2 rings (SSSR count). The Balaban J connectivity index is 2.28. The van der Waals surface area contributed by atoms with Gasteiger partial charge in [-0.05, 0) is 14.0 Å². The van der Waals surface area contributed by atoms with Gasteiger partial charge >= 0.3 is 0 Å². The highest BCUT2D eigenvalue weighted by Gasteiger charge is 2.31. The predicted octanol–water partition coefficient (Wildman–Crippen LogP) is 0.377. The van der Waals surface area contributed by atoms with Gasteiger partial charge in [-0.2, -0.15) is 0 Å². The highest BCUT2D eigenvalue weighted by molar-refractivity contribution is 7.10. The topological polar surface area (TPSA) is 62.3 Å². The van der Waals surface area contributed by atoms with Crippen LogP contribution in [-0.4, -0.2) is 41.7 Å². The molecule has 0 saturated heterocycles. The first-order valence-corrected chi connectivity index (χ1v) is 6.39. The van der Waals surface area contributed by atoms with Crippen molar-refractivity contribution in [2.75, 3.05) is 20.1 Å². The predicted molar refractivity (Wildman–Crippen MR) is 64.9 cm³/mol. The number of carbonyl (C=O) groups is 2. The highest BCUT2D eigenvalue weighted by Crippen LogP contribution is 2.27. The lowest BCUT2D eigenvalue weighted by Gasteiger charge is -2.22. The normalized spacial score (nSPS) is 20.0. The first-order chi connectivity index (χ1) is 8.13. The third kappa shape index (κ3) is 2.37. The fourth-order valence-corrected chi connectivity index (χ4v) is 2.97. The molecule has 2 heterocycles. The van der Waals surface area contributed by atoms with E-state index in [0.29, 0.717) is 6.54 Å². The third-order valence-electron chi connectivity index (χ3n) is 2.81. The summed E-state index contributed by atoms with van der Waals surface area (Å²) < 4.78 is 0. The zero-order chi connectivity index (χ0) is 12.4. The Morgan fingerprint density at radius 1 is 1.71 bits per heavy atom. The van der Waals surface area contributed by atoms with Crippen LogP contribution in [0.2, 0.25) is 0 Å². The van der Waals surface area contributed by atoms with E-state index in [1.807, 2.05) is 0 Å². The van der Waals surface area contributed by atoms with Crippen molar-refractivity contribution in [3.05, 3.63) is 16.1 Å². The number of rotatable bonds is 3. The first-order valence-electron chi connectivity index (χ1n) is 5.51. The molecule has 1 aliphatic heterocycles. The molecule has 0 saturated carbocycles. The Morgan fingerprint density at radius 2 is 2.47 bits per heavy atom. The van der Waals surface area contributed by atoms with E-state index in [1.165, 1.54) is 18.3 Å². The zero-order valence-electron chi connectivity index (χ0n) is 9.90. The van der Waals surface area contributed by atoms with Crippen molar-refractivity contribution in [1.29, 1.82) is 0 Å². The lowest BCUT2D eigenvalue weighted by Crippen LogP contribution is -2.41. The average Bonchev–Trinajstić information content (AvgIpc) is 2.68. The molecule has 0 radical (unpaired) electrons. The summed E-state index contributed by atoms with van der Waals surface area (Å²) in [4.78, 5) is 30.3. The van der Waals surface area contributed by atoms with Crippen LogP contribution in [0.4, 0.5) is 0 Å². The van der Waals surface area contributed by atoms with E-state index in [9.17, 15) is 9.59 Å². The number of thiazole rings is 1. The second kappa shape index (κ2) is 4.93. The van der Waals surface area contributed by atoms with Gasteiger partial charge in [-0.15, -0.1) is 11.3 Å². The Kier molecular flexibility index (Phi) is 3.54. The summed E-state index contributed by atoms with van der Waals surface area (Å²) in [6.45, 7) is 2.25. The van der Waals surface area contributed by atoms with E-state index in [0.717, 1.165) is 17.0 Å². The Hall–Kier alpha value is -1.27. The van der Waals surface area contributed by atoms with Crippen LogP contribution >= 0.6 is 11.3 Å². The SMILES string of the molecule is CNC1C(=O)N(CC(C)=O)CCc2ncsc21. The van der Waals surface area contributed by atoms with Gasteiger partial charge in [-0.25, -0.2) is 4.98 Å². The Bertz CT molecular complexity index is 444. The number of ketones is 1. The van der Waals surface area contributed by atoms with Crippen molar-refractivity contribution >= 4 is 23.0 Å². The molecule has 1 amide bonds. The molecular weight excluding hydrogens is 238 g/mol. The smallest absolute Gasteiger partial charge is 0.245 e. The number of fused-ring (bicyclic) bond motifs is 1. The maximum absolute atomic E-state index is 12.3. The molecule has 0 fully saturated rings. The number of Topliss-reactive ketones (excluding diaryl/α,β-unsaturated/α-hetero) is 1. The Labute approximate surface area is 104 Å². The number of likely N-dealkylation sites (N-methyl/N-ethyl adjacent to an activating group) is 1. The molecule has 1 unspecified atom stereocenters. The molecule has 1 aromatic rings.